The summed E-state index contributed by atoms with van der Waals surface area (Å²) in [6, 6.07) is 6.38. The molecule has 2 heterocycles. The number of hydrogen-bond donors (Lipinski definition) is 1. The second kappa shape index (κ2) is 3.83. The summed E-state index contributed by atoms with van der Waals surface area (Å²) in [5.41, 5.74) is 3.34. The monoisotopic (exact) mass is 245 g/mol. The van der Waals surface area contributed by atoms with Crippen LogP contribution in [0.3, 0.4) is 0 Å². The summed E-state index contributed by atoms with van der Waals surface area (Å²) in [4.78, 5) is 0. The van der Waals surface area contributed by atoms with Crippen molar-refractivity contribution in [3.63, 3.8) is 0 Å². The third-order valence-corrected chi connectivity index (χ3v) is 4.43. The highest BCUT2D eigenvalue weighted by molar-refractivity contribution is 6.62. The predicted octanol–water partition coefficient (Wildman–Crippen LogP) is 1.59. The van der Waals surface area contributed by atoms with Crippen LogP contribution in [0, 0.1) is 0 Å². The Kier molecular flexibility index (Phi) is 2.60. The van der Waals surface area contributed by atoms with Gasteiger partial charge in [0.25, 0.3) is 0 Å². The number of rotatable bonds is 1. The van der Waals surface area contributed by atoms with Crippen LogP contribution in [0.15, 0.2) is 18.2 Å². The zero-order valence-corrected chi connectivity index (χ0v) is 11.5. The Morgan fingerprint density at radius 2 is 1.72 bits per heavy atom. The molecule has 3 nitrogen and oxygen atoms in total. The molecule has 0 unspecified atom stereocenters. The van der Waals surface area contributed by atoms with Crippen molar-refractivity contribution in [1.82, 2.24) is 5.32 Å². The van der Waals surface area contributed by atoms with Crippen molar-refractivity contribution in [3.8, 4) is 0 Å². The first kappa shape index (κ1) is 12.2. The van der Waals surface area contributed by atoms with E-state index < -0.39 is 0 Å². The highest BCUT2D eigenvalue weighted by Crippen LogP contribution is 2.36. The highest BCUT2D eigenvalue weighted by atomic mass is 16.7. The van der Waals surface area contributed by atoms with Gasteiger partial charge in [0.15, 0.2) is 0 Å². The van der Waals surface area contributed by atoms with Crippen LogP contribution in [-0.2, 0) is 22.4 Å². The molecule has 0 aromatic heterocycles. The van der Waals surface area contributed by atoms with Crippen LogP contribution < -0.4 is 10.8 Å². The fourth-order valence-corrected chi connectivity index (χ4v) is 2.55. The molecule has 0 saturated carbocycles. The van der Waals surface area contributed by atoms with E-state index in [4.69, 9.17) is 9.31 Å². The van der Waals surface area contributed by atoms with Crippen LogP contribution in [0.4, 0.5) is 0 Å². The molecule has 3 rings (SSSR count). The molecule has 0 atom stereocenters. The SMILES string of the molecule is CC1(C)OB(c2cccc3c2CNC3)OC1(C)C. The Hall–Kier alpha value is -0.835. The zero-order valence-electron chi connectivity index (χ0n) is 11.5. The summed E-state index contributed by atoms with van der Waals surface area (Å²) in [6.07, 6.45) is 0. The van der Waals surface area contributed by atoms with E-state index in [1.165, 1.54) is 16.6 Å². The Bertz CT molecular complexity index is 469. The molecule has 1 aromatic carbocycles. The summed E-state index contributed by atoms with van der Waals surface area (Å²) in [6.45, 7) is 10.2. The largest absolute Gasteiger partial charge is 0.495 e. The Balaban J connectivity index is 1.97. The first-order chi connectivity index (χ1) is 8.41. The van der Waals surface area contributed by atoms with Gasteiger partial charge in [-0.3, -0.25) is 0 Å². The smallest absolute Gasteiger partial charge is 0.399 e. The first-order valence-corrected chi connectivity index (χ1v) is 6.58. The molecular formula is C14H20BNO2. The summed E-state index contributed by atoms with van der Waals surface area (Å²) < 4.78 is 12.3. The van der Waals surface area contributed by atoms with Crippen molar-refractivity contribution >= 4 is 12.6 Å². The molecule has 0 amide bonds. The fourth-order valence-electron chi connectivity index (χ4n) is 2.55. The summed E-state index contributed by atoms with van der Waals surface area (Å²) in [5, 5.41) is 3.38. The van der Waals surface area contributed by atoms with Crippen molar-refractivity contribution in [2.45, 2.75) is 52.0 Å². The van der Waals surface area contributed by atoms with Gasteiger partial charge in [0.05, 0.1) is 11.2 Å². The molecule has 0 aliphatic carbocycles. The van der Waals surface area contributed by atoms with Crippen LogP contribution in [0.5, 0.6) is 0 Å². The van der Waals surface area contributed by atoms with Crippen molar-refractivity contribution in [3.05, 3.63) is 29.3 Å². The molecule has 4 heteroatoms. The number of fused-ring (bicyclic) bond motifs is 1. The maximum atomic E-state index is 6.13. The van der Waals surface area contributed by atoms with Gasteiger partial charge < -0.3 is 14.6 Å². The first-order valence-electron chi connectivity index (χ1n) is 6.58. The minimum atomic E-state index is -0.271. The molecule has 1 fully saturated rings. The summed E-state index contributed by atoms with van der Waals surface area (Å²) in [7, 11) is -0.246. The van der Waals surface area contributed by atoms with E-state index in [0.29, 0.717) is 0 Å². The van der Waals surface area contributed by atoms with Crippen molar-refractivity contribution < 1.29 is 9.31 Å². The van der Waals surface area contributed by atoms with E-state index >= 15 is 0 Å². The third-order valence-electron chi connectivity index (χ3n) is 4.43. The van der Waals surface area contributed by atoms with Gasteiger partial charge in [0, 0.05) is 13.1 Å². The van der Waals surface area contributed by atoms with Gasteiger partial charge in [-0.05, 0) is 44.3 Å². The highest BCUT2D eigenvalue weighted by Gasteiger charge is 2.52. The van der Waals surface area contributed by atoms with Gasteiger partial charge in [-0.2, -0.15) is 0 Å². The summed E-state index contributed by atoms with van der Waals surface area (Å²) >= 11 is 0. The Morgan fingerprint density at radius 3 is 2.39 bits per heavy atom. The second-order valence-electron chi connectivity index (χ2n) is 6.18. The van der Waals surface area contributed by atoms with Crippen molar-refractivity contribution in [2.24, 2.45) is 0 Å². The van der Waals surface area contributed by atoms with Gasteiger partial charge >= 0.3 is 7.12 Å². The average molecular weight is 245 g/mol. The van der Waals surface area contributed by atoms with Gasteiger partial charge in [-0.15, -0.1) is 0 Å². The lowest BCUT2D eigenvalue weighted by Gasteiger charge is -2.32. The normalized spacial score (nSPS) is 24.3. The van der Waals surface area contributed by atoms with Crippen LogP contribution in [0.2, 0.25) is 0 Å². The molecule has 96 valence electrons. The fraction of sp³-hybridized carbons (Fsp3) is 0.571. The van der Waals surface area contributed by atoms with E-state index in [-0.39, 0.29) is 18.3 Å². The lowest BCUT2D eigenvalue weighted by atomic mass is 9.75. The third kappa shape index (κ3) is 1.71. The molecular weight excluding hydrogens is 225 g/mol. The summed E-state index contributed by atoms with van der Waals surface area (Å²) in [5.74, 6) is 0. The van der Waals surface area contributed by atoms with Crippen LogP contribution >= 0.6 is 0 Å². The molecule has 1 aromatic rings. The topological polar surface area (TPSA) is 30.5 Å². The molecule has 2 aliphatic rings. The number of hydrogen-bond acceptors (Lipinski definition) is 3. The minimum absolute atomic E-state index is 0.246. The van der Waals surface area contributed by atoms with Crippen molar-refractivity contribution in [1.29, 1.82) is 0 Å². The standard InChI is InChI=1S/C14H20BNO2/c1-13(2)14(3,4)18-15(17-13)12-7-5-6-10-8-16-9-11(10)12/h5-7,16H,8-9H2,1-4H3. The quantitative estimate of drug-likeness (QED) is 0.762. The molecule has 1 N–H and O–H groups in total. The predicted molar refractivity (Wildman–Crippen MR) is 72.7 cm³/mol. The van der Waals surface area contributed by atoms with Crippen LogP contribution in [0.1, 0.15) is 38.8 Å². The van der Waals surface area contributed by atoms with E-state index in [2.05, 4.69) is 51.2 Å². The molecule has 1 saturated heterocycles. The van der Waals surface area contributed by atoms with Crippen LogP contribution in [-0.4, -0.2) is 18.3 Å². The Labute approximate surface area is 109 Å². The lowest BCUT2D eigenvalue weighted by molar-refractivity contribution is 0.00578. The number of nitrogens with one attached hydrogen (secondary N) is 1. The lowest BCUT2D eigenvalue weighted by Crippen LogP contribution is -2.41. The molecule has 18 heavy (non-hydrogen) atoms. The second-order valence-corrected chi connectivity index (χ2v) is 6.18. The van der Waals surface area contributed by atoms with E-state index in [0.717, 1.165) is 13.1 Å². The molecule has 0 bridgehead atoms. The van der Waals surface area contributed by atoms with E-state index in [9.17, 15) is 0 Å². The molecule has 0 spiro atoms. The minimum Gasteiger partial charge on any atom is -0.399 e. The number of benzene rings is 1. The molecule has 2 aliphatic heterocycles. The Morgan fingerprint density at radius 1 is 1.06 bits per heavy atom. The molecule has 0 radical (unpaired) electrons. The van der Waals surface area contributed by atoms with Crippen LogP contribution in [0.25, 0.3) is 0 Å². The maximum Gasteiger partial charge on any atom is 0.495 e. The van der Waals surface area contributed by atoms with Gasteiger partial charge in [-0.1, -0.05) is 18.2 Å². The van der Waals surface area contributed by atoms with Crippen molar-refractivity contribution in [2.75, 3.05) is 0 Å². The van der Waals surface area contributed by atoms with Gasteiger partial charge in [0.1, 0.15) is 0 Å². The van der Waals surface area contributed by atoms with E-state index in [1.807, 2.05) is 0 Å². The zero-order chi connectivity index (χ0) is 13.0. The average Bonchev–Trinajstić information content (AvgIpc) is 2.81. The maximum absolute atomic E-state index is 6.13. The van der Waals surface area contributed by atoms with Gasteiger partial charge in [-0.25, -0.2) is 0 Å². The van der Waals surface area contributed by atoms with E-state index in [1.54, 1.807) is 0 Å². The van der Waals surface area contributed by atoms with Gasteiger partial charge in [0.2, 0.25) is 0 Å².